The Kier molecular flexibility index (Phi) is 3.73. The maximum Gasteiger partial charge on any atom is 0.266 e. The van der Waals surface area contributed by atoms with Gasteiger partial charge in [0.25, 0.3) is 5.89 Å². The molecule has 28 heavy (non-hydrogen) atoms. The maximum atomic E-state index is 5.91. The van der Waals surface area contributed by atoms with Crippen LogP contribution < -0.4 is 5.73 Å². The molecule has 5 rings (SSSR count). The summed E-state index contributed by atoms with van der Waals surface area (Å²) in [6.07, 6.45) is 9.03. The van der Waals surface area contributed by atoms with Crippen LogP contribution in [0.1, 0.15) is 5.56 Å². The molecular formula is C19H16N8O. The first-order chi connectivity index (χ1) is 13.7. The van der Waals surface area contributed by atoms with Gasteiger partial charge in [0.1, 0.15) is 11.3 Å². The van der Waals surface area contributed by atoms with E-state index in [0.717, 1.165) is 33.3 Å². The van der Waals surface area contributed by atoms with E-state index in [-0.39, 0.29) is 0 Å². The summed E-state index contributed by atoms with van der Waals surface area (Å²) in [5.74, 6) is 0.724. The van der Waals surface area contributed by atoms with Gasteiger partial charge in [0.2, 0.25) is 5.89 Å². The van der Waals surface area contributed by atoms with E-state index in [0.29, 0.717) is 24.0 Å². The molecule has 0 saturated carbocycles. The summed E-state index contributed by atoms with van der Waals surface area (Å²) in [6.45, 7) is 0.340. The molecule has 0 aliphatic rings. The van der Waals surface area contributed by atoms with Gasteiger partial charge in [0.05, 0.1) is 11.8 Å². The van der Waals surface area contributed by atoms with Gasteiger partial charge in [0, 0.05) is 54.9 Å². The first kappa shape index (κ1) is 16.3. The Morgan fingerprint density at radius 3 is 2.86 bits per heavy atom. The van der Waals surface area contributed by atoms with Crippen LogP contribution in [0.25, 0.3) is 45.2 Å². The van der Waals surface area contributed by atoms with Crippen molar-refractivity contribution >= 4 is 11.0 Å². The zero-order valence-electron chi connectivity index (χ0n) is 15.0. The zero-order chi connectivity index (χ0) is 19.1. The van der Waals surface area contributed by atoms with E-state index in [9.17, 15) is 0 Å². The molecule has 0 unspecified atom stereocenters. The van der Waals surface area contributed by atoms with Crippen molar-refractivity contribution in [2.24, 2.45) is 12.8 Å². The summed E-state index contributed by atoms with van der Waals surface area (Å²) >= 11 is 0. The van der Waals surface area contributed by atoms with Crippen molar-refractivity contribution in [3.05, 3.63) is 54.7 Å². The van der Waals surface area contributed by atoms with E-state index < -0.39 is 0 Å². The number of pyridine rings is 2. The Labute approximate surface area is 159 Å². The number of nitrogens with zero attached hydrogens (tertiary/aromatic N) is 6. The molecule has 0 spiro atoms. The molecule has 0 atom stereocenters. The van der Waals surface area contributed by atoms with Crippen molar-refractivity contribution in [3.8, 4) is 34.2 Å². The normalized spacial score (nSPS) is 11.4. The van der Waals surface area contributed by atoms with Crippen LogP contribution in [0.2, 0.25) is 0 Å². The lowest BCUT2D eigenvalue weighted by atomic mass is 10.1. The second kappa shape index (κ2) is 6.39. The monoisotopic (exact) mass is 372 g/mol. The lowest BCUT2D eigenvalue weighted by Crippen LogP contribution is -2.00. The van der Waals surface area contributed by atoms with E-state index in [1.165, 1.54) is 0 Å². The van der Waals surface area contributed by atoms with Gasteiger partial charge >= 0.3 is 0 Å². The number of hydrogen-bond acceptors (Lipinski definition) is 7. The summed E-state index contributed by atoms with van der Waals surface area (Å²) in [6, 6.07) is 5.75. The maximum absolute atomic E-state index is 5.91. The average Bonchev–Trinajstić information content (AvgIpc) is 3.46. The van der Waals surface area contributed by atoms with Crippen LogP contribution in [0.3, 0.4) is 0 Å². The van der Waals surface area contributed by atoms with Crippen LogP contribution in [0, 0.1) is 0 Å². The third-order valence-corrected chi connectivity index (χ3v) is 4.54. The first-order valence-electron chi connectivity index (χ1n) is 8.67. The van der Waals surface area contributed by atoms with Gasteiger partial charge < -0.3 is 15.1 Å². The average molecular weight is 372 g/mol. The summed E-state index contributed by atoms with van der Waals surface area (Å²) < 4.78 is 7.66. The van der Waals surface area contributed by atoms with Crippen LogP contribution in [0.4, 0.5) is 0 Å². The number of aromatic nitrogens is 7. The highest BCUT2D eigenvalue weighted by Crippen LogP contribution is 2.31. The number of aromatic amines is 1. The molecule has 138 valence electrons. The van der Waals surface area contributed by atoms with Gasteiger partial charge in [-0.1, -0.05) is 6.07 Å². The fourth-order valence-electron chi connectivity index (χ4n) is 3.13. The van der Waals surface area contributed by atoms with Crippen molar-refractivity contribution in [2.75, 3.05) is 0 Å². The predicted molar refractivity (Wildman–Crippen MR) is 103 cm³/mol. The van der Waals surface area contributed by atoms with Crippen molar-refractivity contribution in [1.29, 1.82) is 0 Å². The summed E-state index contributed by atoms with van der Waals surface area (Å²) in [4.78, 5) is 12.0. The third kappa shape index (κ3) is 2.65. The second-order valence-corrected chi connectivity index (χ2v) is 6.35. The summed E-state index contributed by atoms with van der Waals surface area (Å²) in [5, 5.41) is 13.5. The number of nitrogens with two attached hydrogens (primary N) is 1. The van der Waals surface area contributed by atoms with Crippen molar-refractivity contribution in [1.82, 2.24) is 34.9 Å². The molecule has 0 saturated heterocycles. The molecule has 0 aliphatic heterocycles. The van der Waals surface area contributed by atoms with Gasteiger partial charge in [-0.3, -0.25) is 9.67 Å². The molecule has 0 aliphatic carbocycles. The number of nitrogens with one attached hydrogen (secondary N) is 1. The van der Waals surface area contributed by atoms with Crippen molar-refractivity contribution in [3.63, 3.8) is 0 Å². The Morgan fingerprint density at radius 1 is 1.14 bits per heavy atom. The summed E-state index contributed by atoms with van der Waals surface area (Å²) in [7, 11) is 1.88. The molecule has 9 nitrogen and oxygen atoms in total. The van der Waals surface area contributed by atoms with Gasteiger partial charge in [-0.05, 0) is 17.7 Å². The third-order valence-electron chi connectivity index (χ3n) is 4.54. The van der Waals surface area contributed by atoms with Crippen molar-refractivity contribution in [2.45, 2.75) is 6.54 Å². The molecule has 0 amide bonds. The van der Waals surface area contributed by atoms with E-state index in [1.54, 1.807) is 23.3 Å². The Bertz CT molecular complexity index is 1280. The van der Waals surface area contributed by atoms with Crippen LogP contribution in [-0.4, -0.2) is 34.9 Å². The van der Waals surface area contributed by atoms with E-state index in [1.807, 2.05) is 37.6 Å². The van der Waals surface area contributed by atoms with Gasteiger partial charge in [-0.2, -0.15) is 5.10 Å². The van der Waals surface area contributed by atoms with Crippen LogP contribution in [0.5, 0.6) is 0 Å². The fourth-order valence-corrected chi connectivity index (χ4v) is 3.13. The number of fused-ring (bicyclic) bond motifs is 1. The van der Waals surface area contributed by atoms with Gasteiger partial charge in [-0.25, -0.2) is 4.98 Å². The molecule has 5 aromatic heterocycles. The number of hydrogen-bond donors (Lipinski definition) is 2. The van der Waals surface area contributed by atoms with Crippen LogP contribution in [-0.2, 0) is 13.6 Å². The lowest BCUT2D eigenvalue weighted by Gasteiger charge is -2.01. The first-order valence-corrected chi connectivity index (χ1v) is 8.67. The topological polar surface area (TPSA) is 124 Å². The SMILES string of the molecule is Cn1cc(-c2cnc3[nH]cc(-c4nnc(-c5ncccc5CN)o4)c3c2)cn1. The Hall–Kier alpha value is -3.85. The largest absolute Gasteiger partial charge is 0.415 e. The highest BCUT2D eigenvalue weighted by atomic mass is 16.4. The Morgan fingerprint density at radius 2 is 2.04 bits per heavy atom. The quantitative estimate of drug-likeness (QED) is 0.496. The lowest BCUT2D eigenvalue weighted by molar-refractivity contribution is 0.581. The zero-order valence-corrected chi connectivity index (χ0v) is 15.0. The van der Waals surface area contributed by atoms with E-state index in [4.69, 9.17) is 10.2 Å². The summed E-state index contributed by atoms with van der Waals surface area (Å²) in [5.41, 5.74) is 10.7. The minimum atomic E-state index is 0.335. The fraction of sp³-hybridized carbons (Fsp3) is 0.105. The molecular weight excluding hydrogens is 356 g/mol. The van der Waals surface area contributed by atoms with Crippen LogP contribution >= 0.6 is 0 Å². The highest BCUT2D eigenvalue weighted by Gasteiger charge is 2.18. The number of aryl methyl sites for hydroxylation is 1. The second-order valence-electron chi connectivity index (χ2n) is 6.35. The molecule has 0 aromatic carbocycles. The highest BCUT2D eigenvalue weighted by molar-refractivity contribution is 5.93. The molecule has 5 heterocycles. The van der Waals surface area contributed by atoms with E-state index >= 15 is 0 Å². The van der Waals surface area contributed by atoms with Gasteiger partial charge in [0.15, 0.2) is 0 Å². The van der Waals surface area contributed by atoms with Crippen molar-refractivity contribution < 1.29 is 4.42 Å². The molecule has 9 heteroatoms. The molecule has 0 radical (unpaired) electrons. The standard InChI is InChI=1S/C19H16N8O/c1-27-10-13(8-24-27)12-5-14-15(9-23-17(14)22-7-12)18-25-26-19(28-18)16-11(6-20)3-2-4-21-16/h2-5,7-10H,6,20H2,1H3,(H,22,23). The molecule has 0 fully saturated rings. The minimum absolute atomic E-state index is 0.335. The van der Waals surface area contributed by atoms with Gasteiger partial charge in [-0.15, -0.1) is 10.2 Å². The minimum Gasteiger partial charge on any atom is -0.415 e. The Balaban J connectivity index is 1.59. The van der Waals surface area contributed by atoms with E-state index in [2.05, 4.69) is 30.2 Å². The predicted octanol–water partition coefficient (Wildman–Crippen LogP) is 2.53. The number of H-pyrrole nitrogens is 1. The molecule has 3 N–H and O–H groups in total. The molecule has 0 bridgehead atoms. The smallest absolute Gasteiger partial charge is 0.266 e. The molecule has 5 aromatic rings. The van der Waals surface area contributed by atoms with Crippen LogP contribution in [0.15, 0.2) is 53.6 Å². The number of rotatable bonds is 4.